The Balaban J connectivity index is 1.94. The van der Waals surface area contributed by atoms with E-state index < -0.39 is 10.0 Å². The number of hydrogen-bond acceptors (Lipinski definition) is 3. The van der Waals surface area contributed by atoms with Crippen LogP contribution in [-0.4, -0.2) is 37.9 Å². The summed E-state index contributed by atoms with van der Waals surface area (Å²) >= 11 is 0. The van der Waals surface area contributed by atoms with Crippen molar-refractivity contribution < 1.29 is 8.42 Å². The summed E-state index contributed by atoms with van der Waals surface area (Å²) < 4.78 is 27.2. The summed E-state index contributed by atoms with van der Waals surface area (Å²) in [5, 5.41) is 3.47. The molecule has 3 atom stereocenters. The molecule has 0 aromatic heterocycles. The molecule has 104 valence electrons. The van der Waals surface area contributed by atoms with E-state index in [1.807, 2.05) is 6.07 Å². The molecule has 19 heavy (non-hydrogen) atoms. The minimum absolute atomic E-state index is 0.0951. The summed E-state index contributed by atoms with van der Waals surface area (Å²) in [6.45, 7) is 3.75. The smallest absolute Gasteiger partial charge is 0.243 e. The van der Waals surface area contributed by atoms with Crippen molar-refractivity contribution in [3.8, 4) is 0 Å². The maximum Gasteiger partial charge on any atom is 0.243 e. The van der Waals surface area contributed by atoms with Gasteiger partial charge in [0, 0.05) is 18.6 Å². The number of hydrogen-bond donors (Lipinski definition) is 1. The van der Waals surface area contributed by atoms with Crippen molar-refractivity contribution in [3.05, 3.63) is 30.3 Å². The number of benzene rings is 1. The van der Waals surface area contributed by atoms with E-state index in [1.165, 1.54) is 0 Å². The molecule has 1 aromatic carbocycles. The zero-order valence-electron chi connectivity index (χ0n) is 11.1. The van der Waals surface area contributed by atoms with Crippen molar-refractivity contribution >= 4 is 10.0 Å². The maximum atomic E-state index is 12.7. The fraction of sp³-hybridized carbons (Fsp3) is 0.571. The summed E-state index contributed by atoms with van der Waals surface area (Å²) in [4.78, 5) is 0.411. The first-order valence-electron chi connectivity index (χ1n) is 6.95. The van der Waals surface area contributed by atoms with E-state index >= 15 is 0 Å². The number of sulfonamides is 1. The van der Waals surface area contributed by atoms with E-state index in [1.54, 1.807) is 28.6 Å². The molecular formula is C14H20N2O2S. The van der Waals surface area contributed by atoms with Crippen LogP contribution < -0.4 is 5.32 Å². The lowest BCUT2D eigenvalue weighted by Gasteiger charge is -2.26. The van der Waals surface area contributed by atoms with Crippen LogP contribution in [0.3, 0.4) is 0 Å². The van der Waals surface area contributed by atoms with Crippen LogP contribution in [0.4, 0.5) is 0 Å². The highest BCUT2D eigenvalue weighted by atomic mass is 32.2. The minimum Gasteiger partial charge on any atom is -0.312 e. The molecule has 0 saturated carbocycles. The Morgan fingerprint density at radius 2 is 2.05 bits per heavy atom. The molecule has 2 saturated heterocycles. The fourth-order valence-corrected chi connectivity index (χ4v) is 5.24. The molecule has 1 aromatic rings. The van der Waals surface area contributed by atoms with Gasteiger partial charge in [0.2, 0.25) is 10.0 Å². The zero-order valence-corrected chi connectivity index (χ0v) is 11.9. The molecule has 2 heterocycles. The number of nitrogens with zero attached hydrogens (tertiary/aromatic N) is 1. The van der Waals surface area contributed by atoms with Gasteiger partial charge in [-0.1, -0.05) is 25.1 Å². The Kier molecular flexibility index (Phi) is 3.37. The van der Waals surface area contributed by atoms with Crippen molar-refractivity contribution in [2.24, 2.45) is 5.92 Å². The summed E-state index contributed by atoms with van der Waals surface area (Å²) in [7, 11) is -3.35. The van der Waals surface area contributed by atoms with Gasteiger partial charge in [0.05, 0.1) is 4.90 Å². The Morgan fingerprint density at radius 1 is 1.32 bits per heavy atom. The van der Waals surface area contributed by atoms with Gasteiger partial charge in [-0.15, -0.1) is 0 Å². The molecular weight excluding hydrogens is 260 g/mol. The predicted molar refractivity (Wildman–Crippen MR) is 74.3 cm³/mol. The van der Waals surface area contributed by atoms with E-state index in [0.29, 0.717) is 23.4 Å². The van der Waals surface area contributed by atoms with Crippen molar-refractivity contribution in [3.63, 3.8) is 0 Å². The maximum absolute atomic E-state index is 12.7. The first-order valence-corrected chi connectivity index (χ1v) is 8.39. The van der Waals surface area contributed by atoms with Gasteiger partial charge in [0.1, 0.15) is 0 Å². The molecule has 2 aliphatic rings. The van der Waals surface area contributed by atoms with Crippen LogP contribution in [0.5, 0.6) is 0 Å². The lowest BCUT2D eigenvalue weighted by atomic mass is 9.99. The summed E-state index contributed by atoms with van der Waals surface area (Å²) in [6, 6.07) is 9.21. The Morgan fingerprint density at radius 3 is 2.74 bits per heavy atom. The SMILES string of the molecule is CCC1[C@H]2NCC[C@H]2CN1S(=O)(=O)c1ccccc1. The summed E-state index contributed by atoms with van der Waals surface area (Å²) in [5.41, 5.74) is 0. The van der Waals surface area contributed by atoms with Crippen LogP contribution in [0.1, 0.15) is 19.8 Å². The minimum atomic E-state index is -3.35. The summed E-state index contributed by atoms with van der Waals surface area (Å²) in [6.07, 6.45) is 1.95. The predicted octanol–water partition coefficient (Wildman–Crippen LogP) is 1.45. The van der Waals surface area contributed by atoms with E-state index in [4.69, 9.17) is 0 Å². The van der Waals surface area contributed by atoms with Crippen LogP contribution in [0.25, 0.3) is 0 Å². The molecule has 2 aliphatic heterocycles. The highest BCUT2D eigenvalue weighted by Gasteiger charge is 2.47. The molecule has 4 nitrogen and oxygen atoms in total. The van der Waals surface area contributed by atoms with Crippen molar-refractivity contribution in [2.75, 3.05) is 13.1 Å². The fourth-order valence-electron chi connectivity index (χ4n) is 3.44. The molecule has 0 spiro atoms. The van der Waals surface area contributed by atoms with Gasteiger partial charge < -0.3 is 5.32 Å². The van der Waals surface area contributed by atoms with Crippen LogP contribution in [0.15, 0.2) is 35.2 Å². The highest BCUT2D eigenvalue weighted by Crippen LogP contribution is 2.35. The van der Waals surface area contributed by atoms with Crippen molar-refractivity contribution in [1.29, 1.82) is 0 Å². The molecule has 0 radical (unpaired) electrons. The average Bonchev–Trinajstić information content (AvgIpc) is 2.99. The third-order valence-electron chi connectivity index (χ3n) is 4.37. The molecule has 3 rings (SSSR count). The molecule has 1 unspecified atom stereocenters. The third-order valence-corrected chi connectivity index (χ3v) is 6.28. The van der Waals surface area contributed by atoms with Gasteiger partial charge >= 0.3 is 0 Å². The van der Waals surface area contributed by atoms with Crippen LogP contribution in [0, 0.1) is 5.92 Å². The highest BCUT2D eigenvalue weighted by molar-refractivity contribution is 7.89. The molecule has 1 N–H and O–H groups in total. The molecule has 2 fully saturated rings. The molecule has 0 amide bonds. The van der Waals surface area contributed by atoms with E-state index in [0.717, 1.165) is 19.4 Å². The second kappa shape index (κ2) is 4.89. The van der Waals surface area contributed by atoms with E-state index in [-0.39, 0.29) is 6.04 Å². The van der Waals surface area contributed by atoms with Crippen molar-refractivity contribution in [2.45, 2.75) is 36.7 Å². The number of rotatable bonds is 3. The van der Waals surface area contributed by atoms with Gasteiger partial charge in [-0.25, -0.2) is 8.42 Å². The lowest BCUT2D eigenvalue weighted by Crippen LogP contribution is -2.43. The Hall–Kier alpha value is -0.910. The van der Waals surface area contributed by atoms with Gasteiger partial charge in [-0.05, 0) is 37.4 Å². The van der Waals surface area contributed by atoms with Crippen molar-refractivity contribution in [1.82, 2.24) is 9.62 Å². The molecule has 0 bridgehead atoms. The molecule has 5 heteroatoms. The van der Waals surface area contributed by atoms with E-state index in [9.17, 15) is 8.42 Å². The normalized spacial score (nSPS) is 31.5. The second-order valence-electron chi connectivity index (χ2n) is 5.39. The second-order valence-corrected chi connectivity index (χ2v) is 7.28. The first-order chi connectivity index (χ1) is 9.14. The number of nitrogens with one attached hydrogen (secondary N) is 1. The Bertz CT molecular complexity index is 544. The topological polar surface area (TPSA) is 49.4 Å². The van der Waals surface area contributed by atoms with Gasteiger partial charge in [-0.2, -0.15) is 4.31 Å². The van der Waals surface area contributed by atoms with Gasteiger partial charge in [0.25, 0.3) is 0 Å². The zero-order chi connectivity index (χ0) is 13.5. The van der Waals surface area contributed by atoms with Gasteiger partial charge in [-0.3, -0.25) is 0 Å². The van der Waals surface area contributed by atoms with Crippen LogP contribution in [-0.2, 0) is 10.0 Å². The third kappa shape index (κ3) is 2.10. The number of fused-ring (bicyclic) bond motifs is 1. The van der Waals surface area contributed by atoms with Crippen LogP contribution in [0.2, 0.25) is 0 Å². The average molecular weight is 280 g/mol. The van der Waals surface area contributed by atoms with E-state index in [2.05, 4.69) is 12.2 Å². The Labute approximate surface area is 114 Å². The van der Waals surface area contributed by atoms with Crippen LogP contribution >= 0.6 is 0 Å². The first kappa shape index (κ1) is 13.1. The largest absolute Gasteiger partial charge is 0.312 e. The molecule has 0 aliphatic carbocycles. The van der Waals surface area contributed by atoms with Gasteiger partial charge in [0.15, 0.2) is 0 Å². The summed E-state index contributed by atoms with van der Waals surface area (Å²) in [5.74, 6) is 0.475. The quantitative estimate of drug-likeness (QED) is 0.911. The monoisotopic (exact) mass is 280 g/mol. The lowest BCUT2D eigenvalue weighted by molar-refractivity contribution is 0.343. The standard InChI is InChI=1S/C14H20N2O2S/c1-2-13-14-11(8-9-15-14)10-16(13)19(17,18)12-6-4-3-5-7-12/h3-7,11,13-15H,2,8-10H2,1H3/t11-,13?,14-/m0/s1.